The van der Waals surface area contributed by atoms with Crippen LogP contribution < -0.4 is 10.5 Å². The van der Waals surface area contributed by atoms with E-state index in [0.29, 0.717) is 23.7 Å². The summed E-state index contributed by atoms with van der Waals surface area (Å²) in [4.78, 5) is 13.1. The summed E-state index contributed by atoms with van der Waals surface area (Å²) in [5, 5.41) is 0. The normalized spacial score (nSPS) is 28.5. The molecule has 0 aromatic carbocycles. The molecule has 10 heteroatoms. The van der Waals surface area contributed by atoms with Crippen LogP contribution in [0.1, 0.15) is 47.8 Å². The fourth-order valence-electron chi connectivity index (χ4n) is 3.95. The number of nitrogens with zero attached hydrogens (tertiary/aromatic N) is 4. The fourth-order valence-corrected chi connectivity index (χ4v) is 6.00. The number of hydrogen-bond acceptors (Lipinski definition) is 7. The van der Waals surface area contributed by atoms with Gasteiger partial charge in [-0.2, -0.15) is 0 Å². The van der Waals surface area contributed by atoms with E-state index < -0.39 is 11.4 Å². The van der Waals surface area contributed by atoms with Crippen molar-refractivity contribution in [1.29, 1.82) is 0 Å². The van der Waals surface area contributed by atoms with Gasteiger partial charge in [0, 0.05) is 0 Å². The summed E-state index contributed by atoms with van der Waals surface area (Å²) in [6.45, 7) is 15.4. The van der Waals surface area contributed by atoms with E-state index in [2.05, 4.69) is 56.2 Å². The number of rotatable bonds is 6. The molecule has 1 aliphatic heterocycles. The number of nitrogen functional groups attached to an aromatic ring is 1. The first-order chi connectivity index (χ1) is 13.0. The van der Waals surface area contributed by atoms with Gasteiger partial charge in [0.2, 0.25) is 0 Å². The molecule has 2 aromatic heterocycles. The first kappa shape index (κ1) is 21.8. The zero-order valence-electron chi connectivity index (χ0n) is 17.5. The number of aromatic nitrogens is 4. The molecule has 154 valence electrons. The predicted molar refractivity (Wildman–Crippen MR) is 106 cm³/mol. The molecule has 0 bridgehead atoms. The Bertz CT molecular complexity index is 905. The Labute approximate surface area is 177 Å². The number of ether oxygens (including phenoxy) is 2. The molecular weight excluding hydrogens is 549 g/mol. The number of hydrogen-bond donors (Lipinski definition) is 1. The van der Waals surface area contributed by atoms with E-state index in [1.807, 2.05) is 11.5 Å². The van der Waals surface area contributed by atoms with Gasteiger partial charge in [0.1, 0.15) is 0 Å². The van der Waals surface area contributed by atoms with Gasteiger partial charge in [-0.3, -0.25) is 0 Å². The molecule has 1 aliphatic rings. The fraction of sp³-hybridized carbons (Fsp3) is 0.722. The monoisotopic (exact) mass is 578 g/mol. The van der Waals surface area contributed by atoms with Crippen molar-refractivity contribution in [2.45, 2.75) is 59.5 Å². The first-order valence-electron chi connectivity index (χ1n) is 9.40. The molecule has 0 amide bonds. The van der Waals surface area contributed by atoms with Gasteiger partial charge in [-0.25, -0.2) is 0 Å². The minimum atomic E-state index is -0.432. The molecule has 28 heavy (non-hydrogen) atoms. The molecule has 0 aliphatic carbocycles. The maximum atomic E-state index is 6.71. The molecular formula is C18H29N5O3PW+. The van der Waals surface area contributed by atoms with Crippen molar-refractivity contribution < 1.29 is 32.8 Å². The van der Waals surface area contributed by atoms with Crippen molar-refractivity contribution >= 4 is 22.9 Å². The van der Waals surface area contributed by atoms with Crippen LogP contribution in [-0.4, -0.2) is 44.5 Å². The van der Waals surface area contributed by atoms with Gasteiger partial charge in [0.05, 0.1) is 0 Å². The van der Waals surface area contributed by atoms with E-state index in [9.17, 15) is 0 Å². The summed E-state index contributed by atoms with van der Waals surface area (Å²) in [5.41, 5.74) is 6.54. The summed E-state index contributed by atoms with van der Waals surface area (Å²) in [7, 11) is 0. The Balaban J connectivity index is 2.07. The second-order valence-corrected chi connectivity index (χ2v) is 14.7. The van der Waals surface area contributed by atoms with Crippen molar-refractivity contribution in [1.82, 2.24) is 19.5 Å². The molecule has 1 saturated heterocycles. The van der Waals surface area contributed by atoms with Crippen LogP contribution in [-0.2, 0) is 28.1 Å². The summed E-state index contributed by atoms with van der Waals surface area (Å²) < 4.78 is 20.5. The molecule has 2 N–H and O–H groups in total. The van der Waals surface area contributed by atoms with E-state index >= 15 is 0 Å². The van der Waals surface area contributed by atoms with Crippen LogP contribution in [0, 0.1) is 11.3 Å². The van der Waals surface area contributed by atoms with E-state index in [0.717, 1.165) is 0 Å². The minimum absolute atomic E-state index is 0.0196. The van der Waals surface area contributed by atoms with Crippen LogP contribution in [0.25, 0.3) is 11.2 Å². The van der Waals surface area contributed by atoms with Gasteiger partial charge in [0.25, 0.3) is 0 Å². The number of imidazole rings is 1. The molecule has 0 saturated carbocycles. The zero-order chi connectivity index (χ0) is 20.9. The van der Waals surface area contributed by atoms with Crippen LogP contribution >= 0.6 is 5.78 Å². The molecule has 2 unspecified atom stereocenters. The second kappa shape index (κ2) is 7.71. The van der Waals surface area contributed by atoms with Gasteiger partial charge in [0.15, 0.2) is 0 Å². The molecule has 3 heterocycles. The van der Waals surface area contributed by atoms with Gasteiger partial charge in [-0.15, -0.1) is 0 Å². The van der Waals surface area contributed by atoms with Crippen LogP contribution in [0.2, 0.25) is 0 Å². The van der Waals surface area contributed by atoms with Gasteiger partial charge in [-0.1, -0.05) is 0 Å². The van der Waals surface area contributed by atoms with E-state index in [4.69, 9.17) is 19.7 Å². The Morgan fingerprint density at radius 1 is 1.39 bits per heavy atom. The van der Waals surface area contributed by atoms with Crippen LogP contribution in [0.4, 0.5) is 5.95 Å². The third-order valence-electron chi connectivity index (χ3n) is 6.03. The quantitative estimate of drug-likeness (QED) is 0.523. The summed E-state index contributed by atoms with van der Waals surface area (Å²) in [6, 6.07) is 0. The summed E-state index contributed by atoms with van der Waals surface area (Å²) >= 11 is 1.47. The average molecular weight is 578 g/mol. The SMILES string of the molecule is CCOc1nc(N)nc2c1ncn2[C@@H]1O[C@](C)(C(C)O[P+](C)=[W])[C@@H](C)C1(C)C. The number of fused-ring (bicyclic) bond motifs is 1. The Hall–Kier alpha value is -0.942. The number of anilines is 1. The van der Waals surface area contributed by atoms with Crippen LogP contribution in [0.15, 0.2) is 6.33 Å². The third kappa shape index (κ3) is 3.53. The third-order valence-corrected chi connectivity index (χ3v) is 7.57. The van der Waals surface area contributed by atoms with Crippen LogP contribution in [0.5, 0.6) is 5.88 Å². The average Bonchev–Trinajstić information content (AvgIpc) is 3.08. The van der Waals surface area contributed by atoms with Crippen molar-refractivity contribution in [2.24, 2.45) is 11.3 Å². The van der Waals surface area contributed by atoms with Crippen molar-refractivity contribution in [2.75, 3.05) is 19.0 Å². The van der Waals surface area contributed by atoms with Crippen LogP contribution in [0.3, 0.4) is 0 Å². The van der Waals surface area contributed by atoms with E-state index in [1.165, 1.54) is 18.8 Å². The Kier molecular flexibility index (Phi) is 5.99. The molecule has 3 rings (SSSR count). The molecule has 8 nitrogen and oxygen atoms in total. The topological polar surface area (TPSA) is 97.3 Å². The second-order valence-electron chi connectivity index (χ2n) is 8.03. The zero-order valence-corrected chi connectivity index (χ0v) is 21.3. The predicted octanol–water partition coefficient (Wildman–Crippen LogP) is 3.65. The molecule has 0 radical (unpaired) electrons. The van der Waals surface area contributed by atoms with Crippen molar-refractivity contribution in [3.05, 3.63) is 6.33 Å². The van der Waals surface area contributed by atoms with Gasteiger partial charge < -0.3 is 0 Å². The van der Waals surface area contributed by atoms with E-state index in [-0.39, 0.29) is 29.6 Å². The maximum absolute atomic E-state index is 6.71. The standard InChI is InChI=1S/C18H29N5O3P.W/c1-8-24-14-12-13(21-16(19)22-14)23(9-20-12)15-17(4,5)10(2)18(6,25-15)11(3)26-27-7;/h9-11,15H,8H2,1-7H3,(H2,19,21,22);/q-1;+2/t10-,11?,15+,18-;/m0./s1. The van der Waals surface area contributed by atoms with Crippen molar-refractivity contribution in [3.63, 3.8) is 0 Å². The number of nitrogens with two attached hydrogens (primary N) is 1. The first-order valence-corrected chi connectivity index (χ1v) is 15.0. The molecule has 2 aromatic rings. The summed E-state index contributed by atoms with van der Waals surface area (Å²) in [6.07, 6.45) is 1.46. The van der Waals surface area contributed by atoms with Crippen molar-refractivity contribution in [3.8, 4) is 5.88 Å². The summed E-state index contributed by atoms with van der Waals surface area (Å²) in [5.74, 6) is 0.395. The molecule has 0 spiro atoms. The Morgan fingerprint density at radius 2 is 2.07 bits per heavy atom. The molecule has 5 atom stereocenters. The van der Waals surface area contributed by atoms with Gasteiger partial charge >= 0.3 is 170 Å². The van der Waals surface area contributed by atoms with E-state index in [1.54, 1.807) is 6.33 Å². The van der Waals surface area contributed by atoms with Gasteiger partial charge in [-0.05, 0) is 6.92 Å². The Morgan fingerprint density at radius 3 is 2.68 bits per heavy atom. The molecule has 1 fully saturated rings.